The molecule has 3 nitrogen and oxygen atoms in total. The predicted octanol–water partition coefficient (Wildman–Crippen LogP) is 3.91. The van der Waals surface area contributed by atoms with Crippen molar-refractivity contribution in [3.63, 3.8) is 0 Å². The van der Waals surface area contributed by atoms with Gasteiger partial charge in [-0.05, 0) is 37.6 Å². The predicted molar refractivity (Wildman–Crippen MR) is 77.9 cm³/mol. The van der Waals surface area contributed by atoms with Crippen LogP contribution in [0.4, 0.5) is 0 Å². The first-order chi connectivity index (χ1) is 9.22. The number of allylic oxidation sites excluding steroid dienone is 1. The lowest BCUT2D eigenvalue weighted by Gasteiger charge is -2.03. The standard InChI is InChI=1S/C15H14N2OS/c1-3-18-14-6-4-5-12(8-14)7-13(9-16)15-17-11(2)10-19-15/h4-8,10H,3H2,1-2H3/b13-7-. The van der Waals surface area contributed by atoms with Gasteiger partial charge in [0.15, 0.2) is 0 Å². The second-order valence-electron chi connectivity index (χ2n) is 3.97. The van der Waals surface area contributed by atoms with Gasteiger partial charge in [0.25, 0.3) is 0 Å². The first kappa shape index (κ1) is 13.3. The number of aromatic nitrogens is 1. The average molecular weight is 270 g/mol. The van der Waals surface area contributed by atoms with Crippen LogP contribution in [0.15, 0.2) is 29.6 Å². The third-order valence-corrected chi connectivity index (χ3v) is 3.44. The van der Waals surface area contributed by atoms with Crippen molar-refractivity contribution in [1.82, 2.24) is 4.98 Å². The Kier molecular flexibility index (Phi) is 4.32. The largest absolute Gasteiger partial charge is 0.494 e. The fourth-order valence-electron chi connectivity index (χ4n) is 1.65. The molecular formula is C15H14N2OS. The maximum atomic E-state index is 9.24. The second kappa shape index (κ2) is 6.17. The van der Waals surface area contributed by atoms with Gasteiger partial charge in [-0.15, -0.1) is 11.3 Å². The molecule has 0 saturated carbocycles. The lowest BCUT2D eigenvalue weighted by molar-refractivity contribution is 0.340. The molecule has 1 heterocycles. The van der Waals surface area contributed by atoms with Gasteiger partial charge in [0.05, 0.1) is 12.2 Å². The molecule has 0 aliphatic carbocycles. The molecule has 0 saturated heterocycles. The first-order valence-electron chi connectivity index (χ1n) is 6.00. The van der Waals surface area contributed by atoms with E-state index in [2.05, 4.69) is 11.1 Å². The molecule has 0 aliphatic heterocycles. The van der Waals surface area contributed by atoms with Gasteiger partial charge in [0.1, 0.15) is 16.8 Å². The molecule has 96 valence electrons. The molecule has 0 bridgehead atoms. The molecule has 0 radical (unpaired) electrons. The fourth-order valence-corrected chi connectivity index (χ4v) is 2.41. The van der Waals surface area contributed by atoms with Crippen LogP contribution in [0.5, 0.6) is 5.75 Å². The smallest absolute Gasteiger partial charge is 0.134 e. The van der Waals surface area contributed by atoms with Crippen molar-refractivity contribution in [2.75, 3.05) is 6.61 Å². The molecule has 1 aromatic heterocycles. The van der Waals surface area contributed by atoms with Crippen LogP contribution in [-0.2, 0) is 0 Å². The third-order valence-electron chi connectivity index (χ3n) is 2.45. The molecule has 1 aromatic carbocycles. The zero-order chi connectivity index (χ0) is 13.7. The van der Waals surface area contributed by atoms with Crippen LogP contribution in [0, 0.1) is 18.3 Å². The summed E-state index contributed by atoms with van der Waals surface area (Å²) in [5, 5.41) is 11.9. The van der Waals surface area contributed by atoms with Crippen molar-refractivity contribution in [3.05, 3.63) is 45.9 Å². The topological polar surface area (TPSA) is 45.9 Å². The number of nitriles is 1. The van der Waals surface area contributed by atoms with Gasteiger partial charge >= 0.3 is 0 Å². The van der Waals surface area contributed by atoms with Crippen molar-refractivity contribution in [2.24, 2.45) is 0 Å². The highest BCUT2D eigenvalue weighted by atomic mass is 32.1. The monoisotopic (exact) mass is 270 g/mol. The minimum atomic E-state index is 0.576. The maximum absolute atomic E-state index is 9.24. The molecular weight excluding hydrogens is 256 g/mol. The van der Waals surface area contributed by atoms with E-state index in [9.17, 15) is 5.26 Å². The van der Waals surface area contributed by atoms with Crippen LogP contribution in [-0.4, -0.2) is 11.6 Å². The Morgan fingerprint density at radius 3 is 3.00 bits per heavy atom. The van der Waals surface area contributed by atoms with Gasteiger partial charge < -0.3 is 4.74 Å². The second-order valence-corrected chi connectivity index (χ2v) is 4.83. The number of ether oxygens (including phenoxy) is 1. The third kappa shape index (κ3) is 3.43. The van der Waals surface area contributed by atoms with Gasteiger partial charge in [0.2, 0.25) is 0 Å². The summed E-state index contributed by atoms with van der Waals surface area (Å²) in [6.07, 6.45) is 1.83. The lowest BCUT2D eigenvalue weighted by Crippen LogP contribution is -1.91. The van der Waals surface area contributed by atoms with Crippen molar-refractivity contribution in [3.8, 4) is 11.8 Å². The van der Waals surface area contributed by atoms with Crippen LogP contribution in [0.25, 0.3) is 11.6 Å². The zero-order valence-corrected chi connectivity index (χ0v) is 11.7. The minimum Gasteiger partial charge on any atom is -0.494 e. The Labute approximate surface area is 116 Å². The zero-order valence-electron chi connectivity index (χ0n) is 10.9. The van der Waals surface area contributed by atoms with E-state index in [-0.39, 0.29) is 0 Å². The number of nitrogens with zero attached hydrogens (tertiary/aromatic N) is 2. The minimum absolute atomic E-state index is 0.576. The first-order valence-corrected chi connectivity index (χ1v) is 6.88. The molecule has 0 unspecified atom stereocenters. The summed E-state index contributed by atoms with van der Waals surface area (Å²) in [6, 6.07) is 9.88. The Bertz CT molecular complexity index is 638. The van der Waals surface area contributed by atoms with E-state index in [1.807, 2.05) is 49.6 Å². The average Bonchev–Trinajstić information content (AvgIpc) is 2.83. The van der Waals surface area contributed by atoms with Crippen molar-refractivity contribution < 1.29 is 4.74 Å². The Morgan fingerprint density at radius 2 is 2.37 bits per heavy atom. The van der Waals surface area contributed by atoms with Crippen LogP contribution in [0.2, 0.25) is 0 Å². The molecule has 0 fully saturated rings. The highest BCUT2D eigenvalue weighted by Gasteiger charge is 2.05. The van der Waals surface area contributed by atoms with E-state index in [4.69, 9.17) is 4.74 Å². The number of rotatable bonds is 4. The highest BCUT2D eigenvalue weighted by molar-refractivity contribution is 7.11. The lowest BCUT2D eigenvalue weighted by atomic mass is 10.1. The Balaban J connectivity index is 2.33. The summed E-state index contributed by atoms with van der Waals surface area (Å²) in [7, 11) is 0. The SMILES string of the molecule is CCOc1cccc(/C=C(/C#N)c2nc(C)cs2)c1. The number of hydrogen-bond donors (Lipinski definition) is 0. The van der Waals surface area contributed by atoms with Gasteiger partial charge in [0, 0.05) is 11.1 Å². The molecule has 2 rings (SSSR count). The molecule has 4 heteroatoms. The summed E-state index contributed by atoms with van der Waals surface area (Å²) in [6.45, 7) is 4.50. The summed E-state index contributed by atoms with van der Waals surface area (Å²) in [5.41, 5.74) is 2.45. The highest BCUT2D eigenvalue weighted by Crippen LogP contribution is 2.23. The van der Waals surface area contributed by atoms with Crippen molar-refractivity contribution >= 4 is 23.0 Å². The molecule has 0 spiro atoms. The van der Waals surface area contributed by atoms with Crippen LogP contribution < -0.4 is 4.74 Å². The Morgan fingerprint density at radius 1 is 1.53 bits per heavy atom. The number of benzene rings is 1. The van der Waals surface area contributed by atoms with Crippen LogP contribution in [0.1, 0.15) is 23.2 Å². The van der Waals surface area contributed by atoms with E-state index in [0.717, 1.165) is 22.0 Å². The van der Waals surface area contributed by atoms with Gasteiger partial charge in [-0.1, -0.05) is 12.1 Å². The summed E-state index contributed by atoms with van der Waals surface area (Å²) in [4.78, 5) is 4.33. The molecule has 0 N–H and O–H groups in total. The van der Waals surface area contributed by atoms with Crippen LogP contribution in [0.3, 0.4) is 0 Å². The van der Waals surface area contributed by atoms with Crippen molar-refractivity contribution in [1.29, 1.82) is 5.26 Å². The molecule has 19 heavy (non-hydrogen) atoms. The van der Waals surface area contributed by atoms with E-state index in [1.165, 1.54) is 11.3 Å². The summed E-state index contributed by atoms with van der Waals surface area (Å²) >= 11 is 1.48. The quantitative estimate of drug-likeness (QED) is 0.791. The number of thiazole rings is 1. The van der Waals surface area contributed by atoms with Gasteiger partial charge in [-0.2, -0.15) is 5.26 Å². The van der Waals surface area contributed by atoms with Crippen LogP contribution >= 0.6 is 11.3 Å². The molecule has 2 aromatic rings. The van der Waals surface area contributed by atoms with E-state index >= 15 is 0 Å². The molecule has 0 amide bonds. The van der Waals surface area contributed by atoms with Crippen molar-refractivity contribution in [2.45, 2.75) is 13.8 Å². The summed E-state index contributed by atoms with van der Waals surface area (Å²) < 4.78 is 5.45. The van der Waals surface area contributed by atoms with E-state index in [0.29, 0.717) is 12.2 Å². The number of aryl methyl sites for hydroxylation is 1. The normalized spacial score (nSPS) is 11.1. The molecule has 0 atom stereocenters. The fraction of sp³-hybridized carbons (Fsp3) is 0.200. The Hall–Kier alpha value is -2.12. The summed E-state index contributed by atoms with van der Waals surface area (Å²) in [5.74, 6) is 0.809. The van der Waals surface area contributed by atoms with Gasteiger partial charge in [-0.25, -0.2) is 4.98 Å². The van der Waals surface area contributed by atoms with E-state index in [1.54, 1.807) is 0 Å². The van der Waals surface area contributed by atoms with Gasteiger partial charge in [-0.3, -0.25) is 0 Å². The maximum Gasteiger partial charge on any atom is 0.134 e. The number of hydrogen-bond acceptors (Lipinski definition) is 4. The molecule has 0 aliphatic rings. The van der Waals surface area contributed by atoms with E-state index < -0.39 is 0 Å².